The second-order valence-corrected chi connectivity index (χ2v) is 3.43. The van der Waals surface area contributed by atoms with Gasteiger partial charge < -0.3 is 16.2 Å². The average Bonchev–Trinajstić information content (AvgIpc) is 2.30. The van der Waals surface area contributed by atoms with Crippen LogP contribution in [0, 0.1) is 10.1 Å². The Bertz CT molecular complexity index is 447. The topological polar surface area (TPSA) is 118 Å². The van der Waals surface area contributed by atoms with Gasteiger partial charge in [-0.15, -0.1) is 0 Å². The summed E-state index contributed by atoms with van der Waals surface area (Å²) in [7, 11) is 0. The minimum absolute atomic E-state index is 0.230. The number of phenolic OH excluding ortho intramolecular Hbond substituents is 1. The van der Waals surface area contributed by atoms with Crippen LogP contribution in [0.5, 0.6) is 5.75 Å². The Labute approximate surface area is 97.4 Å². The molecule has 92 valence electrons. The Morgan fingerprint density at radius 1 is 1.65 bits per heavy atom. The zero-order chi connectivity index (χ0) is 13.0. The van der Waals surface area contributed by atoms with Crippen molar-refractivity contribution in [3.05, 3.63) is 28.3 Å². The molecule has 1 atom stereocenters. The maximum Gasteiger partial charge on any atom is 0.296 e. The van der Waals surface area contributed by atoms with E-state index in [1.807, 2.05) is 0 Å². The second kappa shape index (κ2) is 5.26. The Balaban J connectivity index is 3.05. The van der Waals surface area contributed by atoms with Crippen LogP contribution < -0.4 is 11.1 Å². The van der Waals surface area contributed by atoms with E-state index in [4.69, 9.17) is 5.73 Å². The summed E-state index contributed by atoms with van der Waals surface area (Å²) in [5.74, 6) is -0.937. The molecule has 0 aliphatic carbocycles. The summed E-state index contributed by atoms with van der Waals surface area (Å²) < 4.78 is 0. The highest BCUT2D eigenvalue weighted by Crippen LogP contribution is 2.33. The van der Waals surface area contributed by atoms with Gasteiger partial charge in [0.1, 0.15) is 5.75 Å². The number of nitro benzene ring substituents is 1. The van der Waals surface area contributed by atoms with E-state index in [2.05, 4.69) is 5.32 Å². The number of carbonyl (C=O) groups is 1. The molecule has 0 unspecified atom stereocenters. The van der Waals surface area contributed by atoms with E-state index in [0.717, 1.165) is 0 Å². The molecule has 0 spiro atoms. The number of hydrogen-bond acceptors (Lipinski definition) is 5. The summed E-state index contributed by atoms with van der Waals surface area (Å²) >= 11 is 0. The molecule has 0 radical (unpaired) electrons. The number of hydrogen-bond donors (Lipinski definition) is 3. The van der Waals surface area contributed by atoms with Crippen molar-refractivity contribution in [3.63, 3.8) is 0 Å². The van der Waals surface area contributed by atoms with Gasteiger partial charge in [-0.3, -0.25) is 14.9 Å². The van der Waals surface area contributed by atoms with E-state index in [1.54, 1.807) is 6.92 Å². The molecule has 0 saturated carbocycles. The summed E-state index contributed by atoms with van der Waals surface area (Å²) in [5.41, 5.74) is 4.87. The van der Waals surface area contributed by atoms with Gasteiger partial charge in [-0.25, -0.2) is 0 Å². The van der Waals surface area contributed by atoms with Crippen LogP contribution >= 0.6 is 0 Å². The Kier molecular flexibility index (Phi) is 4.00. The van der Waals surface area contributed by atoms with Crippen LogP contribution in [0.3, 0.4) is 0 Å². The van der Waals surface area contributed by atoms with Crippen LogP contribution in [-0.2, 0) is 4.79 Å². The quantitative estimate of drug-likeness (QED) is 0.411. The van der Waals surface area contributed by atoms with Crippen molar-refractivity contribution in [2.75, 3.05) is 5.32 Å². The fourth-order valence-corrected chi connectivity index (χ4v) is 1.21. The molecule has 7 heteroatoms. The largest absolute Gasteiger partial charge is 0.505 e. The molecule has 0 fully saturated rings. The Morgan fingerprint density at radius 3 is 2.82 bits per heavy atom. The van der Waals surface area contributed by atoms with Gasteiger partial charge in [0.15, 0.2) is 5.69 Å². The molecule has 0 bridgehead atoms. The minimum atomic E-state index is -0.769. The Morgan fingerprint density at radius 2 is 2.29 bits per heavy atom. The van der Waals surface area contributed by atoms with Crippen molar-refractivity contribution in [2.24, 2.45) is 5.73 Å². The third-order valence-corrected chi connectivity index (χ3v) is 2.24. The predicted octanol–water partition coefficient (Wildman–Crippen LogP) is 0.976. The normalized spacial score (nSPS) is 11.9. The van der Waals surface area contributed by atoms with Gasteiger partial charge in [0, 0.05) is 6.07 Å². The standard InChI is InChI=1S/C10H13N3O4/c1-2-6(11)10(15)12-9-7(13(16)17)4-3-5-8(9)14/h3-6,14H,2,11H2,1H3,(H,12,15)/t6-/m1/s1. The number of carbonyl (C=O) groups excluding carboxylic acids is 1. The van der Waals surface area contributed by atoms with Gasteiger partial charge in [0.2, 0.25) is 5.91 Å². The number of nitrogens with two attached hydrogens (primary N) is 1. The number of nitrogens with zero attached hydrogens (tertiary/aromatic N) is 1. The van der Waals surface area contributed by atoms with Crippen LogP contribution in [0.4, 0.5) is 11.4 Å². The molecule has 0 aromatic heterocycles. The van der Waals surface area contributed by atoms with Gasteiger partial charge in [-0.05, 0) is 12.5 Å². The Hall–Kier alpha value is -2.15. The van der Waals surface area contributed by atoms with Gasteiger partial charge in [0.25, 0.3) is 5.69 Å². The maximum absolute atomic E-state index is 11.5. The summed E-state index contributed by atoms with van der Waals surface area (Å²) in [6.45, 7) is 1.71. The monoisotopic (exact) mass is 239 g/mol. The number of nitro groups is 1. The third kappa shape index (κ3) is 2.91. The van der Waals surface area contributed by atoms with Crippen LogP contribution in [-0.4, -0.2) is 22.0 Å². The van der Waals surface area contributed by atoms with Crippen molar-refractivity contribution < 1.29 is 14.8 Å². The highest BCUT2D eigenvalue weighted by Gasteiger charge is 2.21. The second-order valence-electron chi connectivity index (χ2n) is 3.43. The smallest absolute Gasteiger partial charge is 0.296 e. The minimum Gasteiger partial charge on any atom is -0.505 e. The molecule has 7 nitrogen and oxygen atoms in total. The number of amides is 1. The molecular weight excluding hydrogens is 226 g/mol. The van der Waals surface area contributed by atoms with Crippen LogP contribution in [0.1, 0.15) is 13.3 Å². The summed E-state index contributed by atoms with van der Waals surface area (Å²) in [5, 5.41) is 22.4. The molecule has 17 heavy (non-hydrogen) atoms. The SMILES string of the molecule is CC[C@@H](N)C(=O)Nc1c(O)cccc1[N+](=O)[O-]. The molecular formula is C10H13N3O4. The average molecular weight is 239 g/mol. The van der Waals surface area contributed by atoms with Crippen molar-refractivity contribution in [1.29, 1.82) is 0 Å². The first-order valence-corrected chi connectivity index (χ1v) is 5.00. The van der Waals surface area contributed by atoms with E-state index >= 15 is 0 Å². The maximum atomic E-state index is 11.5. The lowest BCUT2D eigenvalue weighted by atomic mass is 10.2. The van der Waals surface area contributed by atoms with Gasteiger partial charge in [0.05, 0.1) is 11.0 Å². The lowest BCUT2D eigenvalue weighted by molar-refractivity contribution is -0.384. The van der Waals surface area contributed by atoms with E-state index in [9.17, 15) is 20.0 Å². The van der Waals surface area contributed by atoms with E-state index in [-0.39, 0.29) is 17.1 Å². The van der Waals surface area contributed by atoms with E-state index in [0.29, 0.717) is 6.42 Å². The van der Waals surface area contributed by atoms with E-state index in [1.165, 1.54) is 18.2 Å². The first-order chi connectivity index (χ1) is 7.97. The highest BCUT2D eigenvalue weighted by molar-refractivity contribution is 5.98. The lowest BCUT2D eigenvalue weighted by Crippen LogP contribution is -2.35. The van der Waals surface area contributed by atoms with Crippen LogP contribution in [0.25, 0.3) is 0 Å². The number of phenols is 1. The number of para-hydroxylation sites is 1. The zero-order valence-electron chi connectivity index (χ0n) is 9.21. The zero-order valence-corrected chi connectivity index (χ0v) is 9.21. The van der Waals surface area contributed by atoms with Gasteiger partial charge >= 0.3 is 0 Å². The van der Waals surface area contributed by atoms with Crippen molar-refractivity contribution in [3.8, 4) is 5.75 Å². The highest BCUT2D eigenvalue weighted by atomic mass is 16.6. The third-order valence-electron chi connectivity index (χ3n) is 2.24. The van der Waals surface area contributed by atoms with Crippen molar-refractivity contribution in [2.45, 2.75) is 19.4 Å². The van der Waals surface area contributed by atoms with Gasteiger partial charge in [-0.2, -0.15) is 0 Å². The summed E-state index contributed by atoms with van der Waals surface area (Å²) in [4.78, 5) is 21.5. The number of nitrogens with one attached hydrogen (secondary N) is 1. The van der Waals surface area contributed by atoms with Crippen molar-refractivity contribution in [1.82, 2.24) is 0 Å². The number of aromatic hydroxyl groups is 1. The fraction of sp³-hybridized carbons (Fsp3) is 0.300. The van der Waals surface area contributed by atoms with Crippen LogP contribution in [0.2, 0.25) is 0 Å². The number of benzene rings is 1. The van der Waals surface area contributed by atoms with Crippen LogP contribution in [0.15, 0.2) is 18.2 Å². The van der Waals surface area contributed by atoms with E-state index < -0.39 is 16.9 Å². The van der Waals surface area contributed by atoms with Crippen molar-refractivity contribution >= 4 is 17.3 Å². The molecule has 1 aromatic carbocycles. The number of rotatable bonds is 4. The molecule has 4 N–H and O–H groups in total. The molecule has 1 aromatic rings. The lowest BCUT2D eigenvalue weighted by Gasteiger charge is -2.11. The molecule has 1 rings (SSSR count). The first kappa shape index (κ1) is 12.9. The summed E-state index contributed by atoms with van der Waals surface area (Å²) in [6, 6.07) is 2.99. The molecule has 0 saturated heterocycles. The first-order valence-electron chi connectivity index (χ1n) is 5.00. The molecule has 0 heterocycles. The predicted molar refractivity (Wildman–Crippen MR) is 61.7 cm³/mol. The number of anilines is 1. The molecule has 0 aliphatic rings. The fourth-order valence-electron chi connectivity index (χ4n) is 1.21. The van der Waals surface area contributed by atoms with Gasteiger partial charge in [-0.1, -0.05) is 13.0 Å². The molecule has 1 amide bonds. The summed E-state index contributed by atoms with van der Waals surface area (Å²) in [6.07, 6.45) is 0.396. The molecule has 0 aliphatic heterocycles.